The largest absolute Gasteiger partial charge is 0.497 e. The molecule has 0 bridgehead atoms. The van der Waals surface area contributed by atoms with E-state index in [1.165, 1.54) is 32.8 Å². The Bertz CT molecular complexity index is 900. The molecule has 3 rings (SSSR count). The zero-order valence-electron chi connectivity index (χ0n) is 14.7. The third-order valence-electron chi connectivity index (χ3n) is 4.48. The van der Waals surface area contributed by atoms with E-state index < -0.39 is 26.8 Å². The number of nitrogens with zero attached hydrogens (tertiary/aromatic N) is 3. The average molecular weight is 416 g/mol. The van der Waals surface area contributed by atoms with Crippen molar-refractivity contribution in [1.82, 2.24) is 9.97 Å². The van der Waals surface area contributed by atoms with Crippen molar-refractivity contribution in [3.8, 4) is 11.5 Å². The van der Waals surface area contributed by atoms with Crippen molar-refractivity contribution in [3.63, 3.8) is 0 Å². The van der Waals surface area contributed by atoms with Crippen LogP contribution < -0.4 is 13.8 Å². The van der Waals surface area contributed by atoms with Crippen molar-refractivity contribution in [2.75, 3.05) is 18.5 Å². The Morgan fingerprint density at radius 3 is 2.63 bits per heavy atom. The average Bonchev–Trinajstić information content (AvgIpc) is 2.70. The van der Waals surface area contributed by atoms with Gasteiger partial charge in [0, 0.05) is 23.9 Å². The molecule has 1 aromatic carbocycles. The Labute approximate surface area is 162 Å². The quantitative estimate of drug-likeness (QED) is 0.646. The van der Waals surface area contributed by atoms with Crippen molar-refractivity contribution in [1.29, 1.82) is 0 Å². The highest BCUT2D eigenvalue weighted by Crippen LogP contribution is 2.38. The van der Waals surface area contributed by atoms with E-state index in [0.29, 0.717) is 17.1 Å². The molecular weight excluding hydrogens is 397 g/mol. The number of methoxy groups -OCH3 is 2. The minimum atomic E-state index is -4.04. The molecule has 10 heteroatoms. The predicted molar refractivity (Wildman–Crippen MR) is 99.6 cm³/mol. The maximum Gasteiger partial charge on any atom is 0.242 e. The predicted octanol–water partition coefficient (Wildman–Crippen LogP) is 2.55. The molecule has 2 aromatic rings. The molecule has 1 aliphatic rings. The maximum absolute atomic E-state index is 14.1. The third kappa shape index (κ3) is 3.79. The van der Waals surface area contributed by atoms with Gasteiger partial charge in [-0.3, -0.25) is 0 Å². The van der Waals surface area contributed by atoms with Crippen LogP contribution in [0.5, 0.6) is 11.5 Å². The van der Waals surface area contributed by atoms with Gasteiger partial charge in [-0.2, -0.15) is 0 Å². The van der Waals surface area contributed by atoms with Crippen LogP contribution in [0.25, 0.3) is 0 Å². The van der Waals surface area contributed by atoms with E-state index in [2.05, 4.69) is 9.97 Å². The lowest BCUT2D eigenvalue weighted by molar-refractivity contribution is 0.221. The van der Waals surface area contributed by atoms with E-state index in [1.54, 1.807) is 18.2 Å². The minimum absolute atomic E-state index is 0.0480. The maximum atomic E-state index is 14.1. The molecule has 7 nitrogen and oxygen atoms in total. The van der Waals surface area contributed by atoms with E-state index in [9.17, 15) is 12.8 Å². The molecular formula is C17H19ClFN3O4S. The Hall–Kier alpha value is -2.13. The topological polar surface area (TPSA) is 81.6 Å². The first kappa shape index (κ1) is 19.6. The summed E-state index contributed by atoms with van der Waals surface area (Å²) in [6.07, 6.45) is 1.08. The second-order valence-corrected chi connectivity index (χ2v) is 8.67. The Morgan fingerprint density at radius 2 is 2.07 bits per heavy atom. The highest BCUT2D eigenvalue weighted by atomic mass is 35.5. The van der Waals surface area contributed by atoms with Crippen molar-refractivity contribution in [2.24, 2.45) is 0 Å². The summed E-state index contributed by atoms with van der Waals surface area (Å²) in [5, 5.41) is -2.01. The van der Waals surface area contributed by atoms with Crippen molar-refractivity contribution in [3.05, 3.63) is 42.4 Å². The molecule has 3 atom stereocenters. The summed E-state index contributed by atoms with van der Waals surface area (Å²) < 4.78 is 51.9. The van der Waals surface area contributed by atoms with Gasteiger partial charge in [-0.15, -0.1) is 11.6 Å². The van der Waals surface area contributed by atoms with E-state index in [0.717, 1.165) is 4.31 Å². The van der Waals surface area contributed by atoms with Crippen LogP contribution in [0.3, 0.4) is 0 Å². The lowest BCUT2D eigenvalue weighted by Gasteiger charge is -2.38. The van der Waals surface area contributed by atoms with Gasteiger partial charge in [-0.05, 0) is 18.6 Å². The van der Waals surface area contributed by atoms with Crippen LogP contribution in [0, 0.1) is 0 Å². The number of anilines is 1. The number of sulfonamides is 1. The lowest BCUT2D eigenvalue weighted by Crippen LogP contribution is -2.54. The molecule has 27 heavy (non-hydrogen) atoms. The number of alkyl halides is 2. The molecule has 0 aliphatic heterocycles. The van der Waals surface area contributed by atoms with Gasteiger partial charge in [0.1, 0.15) is 35.1 Å². The summed E-state index contributed by atoms with van der Waals surface area (Å²) in [5.74, 6) is 1.16. The van der Waals surface area contributed by atoms with Crippen LogP contribution in [0.2, 0.25) is 0 Å². The SMILES string of the molecule is COc1ccc(CN(c2ccncn2)S(=O)(=O)[C@@H]2CC(Cl)C2F)c(OC)c1. The summed E-state index contributed by atoms with van der Waals surface area (Å²) in [6.45, 7) is -0.0807. The first-order chi connectivity index (χ1) is 12.9. The van der Waals surface area contributed by atoms with E-state index in [1.807, 2.05) is 0 Å². The molecule has 1 aromatic heterocycles. The van der Waals surface area contributed by atoms with Gasteiger partial charge in [0.05, 0.1) is 26.1 Å². The van der Waals surface area contributed by atoms with E-state index >= 15 is 0 Å². The molecule has 0 radical (unpaired) electrons. The molecule has 2 unspecified atom stereocenters. The number of aromatic nitrogens is 2. The van der Waals surface area contributed by atoms with Crippen LogP contribution in [-0.4, -0.2) is 49.4 Å². The minimum Gasteiger partial charge on any atom is -0.497 e. The monoisotopic (exact) mass is 415 g/mol. The molecule has 1 heterocycles. The van der Waals surface area contributed by atoms with Crippen LogP contribution in [-0.2, 0) is 16.6 Å². The van der Waals surface area contributed by atoms with Crippen molar-refractivity contribution >= 4 is 27.4 Å². The lowest BCUT2D eigenvalue weighted by atomic mass is 9.96. The Balaban J connectivity index is 2.00. The van der Waals surface area contributed by atoms with E-state index in [4.69, 9.17) is 21.1 Å². The zero-order chi connectivity index (χ0) is 19.6. The van der Waals surface area contributed by atoms with Crippen molar-refractivity contribution in [2.45, 2.75) is 29.8 Å². The highest BCUT2D eigenvalue weighted by Gasteiger charge is 2.51. The summed E-state index contributed by atoms with van der Waals surface area (Å²) in [5.41, 5.74) is 0.581. The van der Waals surface area contributed by atoms with Gasteiger partial charge in [-0.25, -0.2) is 27.1 Å². The number of ether oxygens (including phenoxy) is 2. The summed E-state index contributed by atoms with van der Waals surface area (Å²) in [7, 11) is -1.05. The standard InChI is InChI=1S/C17H19ClFN3O4S/c1-25-12-4-3-11(14(7-12)26-2)9-22(16-5-6-20-10-21-16)27(23,24)15-8-13(18)17(15)19/h3-7,10,13,15,17H,8-9H2,1-2H3/t13?,15-,17?/m1/s1. The van der Waals surface area contributed by atoms with Crippen LogP contribution in [0.4, 0.5) is 10.2 Å². The van der Waals surface area contributed by atoms with Gasteiger partial charge < -0.3 is 9.47 Å². The summed E-state index contributed by atoms with van der Waals surface area (Å²) in [6, 6.07) is 6.49. The fourth-order valence-electron chi connectivity index (χ4n) is 2.84. The molecule has 0 spiro atoms. The van der Waals surface area contributed by atoms with Crippen LogP contribution >= 0.6 is 11.6 Å². The third-order valence-corrected chi connectivity index (χ3v) is 7.05. The van der Waals surface area contributed by atoms with Gasteiger partial charge in [0.15, 0.2) is 0 Å². The number of benzene rings is 1. The van der Waals surface area contributed by atoms with Gasteiger partial charge >= 0.3 is 0 Å². The van der Waals surface area contributed by atoms with Gasteiger partial charge in [-0.1, -0.05) is 0 Å². The van der Waals surface area contributed by atoms with Gasteiger partial charge in [0.25, 0.3) is 0 Å². The molecule has 0 amide bonds. The number of hydrogen-bond acceptors (Lipinski definition) is 6. The molecule has 1 fully saturated rings. The molecule has 0 N–H and O–H groups in total. The molecule has 0 saturated heterocycles. The summed E-state index contributed by atoms with van der Waals surface area (Å²) in [4.78, 5) is 7.84. The van der Waals surface area contributed by atoms with Crippen LogP contribution in [0.15, 0.2) is 36.8 Å². The summed E-state index contributed by atoms with van der Waals surface area (Å²) >= 11 is 5.77. The van der Waals surface area contributed by atoms with Crippen LogP contribution in [0.1, 0.15) is 12.0 Å². The number of halogens is 2. The Kier molecular flexibility index (Phi) is 5.71. The highest BCUT2D eigenvalue weighted by molar-refractivity contribution is 7.93. The molecule has 146 valence electrons. The fourth-order valence-corrected chi connectivity index (χ4v) is 5.38. The number of rotatable bonds is 7. The molecule has 1 saturated carbocycles. The zero-order valence-corrected chi connectivity index (χ0v) is 16.3. The Morgan fingerprint density at radius 1 is 1.30 bits per heavy atom. The van der Waals surface area contributed by atoms with Crippen molar-refractivity contribution < 1.29 is 22.3 Å². The first-order valence-corrected chi connectivity index (χ1v) is 10.1. The molecule has 1 aliphatic carbocycles. The second kappa shape index (κ2) is 7.85. The normalized spacial score (nSPS) is 22.0. The second-order valence-electron chi connectivity index (χ2n) is 6.03. The van der Waals surface area contributed by atoms with E-state index in [-0.39, 0.29) is 18.8 Å². The first-order valence-electron chi connectivity index (χ1n) is 8.15. The van der Waals surface area contributed by atoms with Gasteiger partial charge in [0.2, 0.25) is 10.0 Å². The smallest absolute Gasteiger partial charge is 0.242 e. The number of hydrogen-bond donors (Lipinski definition) is 0. The fraction of sp³-hybridized carbons (Fsp3) is 0.412.